The second kappa shape index (κ2) is 13.1. The monoisotopic (exact) mass is 345 g/mol. The molecule has 118 valence electrons. The number of unbranched alkanes of at least 4 members (excludes halogenated alkanes) is 1. The summed E-state index contributed by atoms with van der Waals surface area (Å²) in [5, 5.41) is 11.8. The van der Waals surface area contributed by atoms with Crippen LogP contribution in [0.25, 0.3) is 0 Å². The van der Waals surface area contributed by atoms with Crippen LogP contribution in [0.4, 0.5) is 11.4 Å². The van der Waals surface area contributed by atoms with Crippen LogP contribution < -0.4 is 16.8 Å². The predicted octanol–water partition coefficient (Wildman–Crippen LogP) is 2.53. The number of aliphatic carboxylic acids is 1. The first kappa shape index (κ1) is 24.2. The van der Waals surface area contributed by atoms with Crippen molar-refractivity contribution in [3.63, 3.8) is 0 Å². The van der Waals surface area contributed by atoms with Gasteiger partial charge in [0.2, 0.25) is 0 Å². The Morgan fingerprint density at radius 2 is 1.70 bits per heavy atom. The van der Waals surface area contributed by atoms with Gasteiger partial charge in [-0.1, -0.05) is 0 Å². The van der Waals surface area contributed by atoms with Gasteiger partial charge in [0.05, 0.1) is 0 Å². The molecule has 1 aromatic carbocycles. The molecule has 0 radical (unpaired) electrons. The van der Waals surface area contributed by atoms with Gasteiger partial charge in [-0.15, -0.1) is 37.2 Å². The number of rotatable bonds is 7. The molecule has 0 aromatic heterocycles. The predicted molar refractivity (Wildman–Crippen MR) is 90.6 cm³/mol. The minimum absolute atomic E-state index is 0. The van der Waals surface area contributed by atoms with Gasteiger partial charge in [-0.2, -0.15) is 0 Å². The van der Waals surface area contributed by atoms with Crippen LogP contribution in [0.1, 0.15) is 19.3 Å². The molecule has 5 nitrogen and oxygen atoms in total. The van der Waals surface area contributed by atoms with E-state index in [0.29, 0.717) is 6.42 Å². The minimum atomic E-state index is -0.934. The molecule has 0 fully saturated rings. The zero-order valence-corrected chi connectivity index (χ0v) is 13.4. The number of halogens is 3. The molecule has 0 saturated heterocycles. The zero-order valence-electron chi connectivity index (χ0n) is 11.0. The van der Waals surface area contributed by atoms with Gasteiger partial charge in [-0.05, 0) is 43.5 Å². The van der Waals surface area contributed by atoms with Crippen molar-refractivity contribution in [2.75, 3.05) is 17.6 Å². The van der Waals surface area contributed by atoms with Crippen LogP contribution in [0.15, 0.2) is 24.3 Å². The highest BCUT2D eigenvalue weighted by Crippen LogP contribution is 2.10. The van der Waals surface area contributed by atoms with E-state index in [-0.39, 0.29) is 37.2 Å². The number of nitrogens with one attached hydrogen (secondary N) is 1. The van der Waals surface area contributed by atoms with Gasteiger partial charge in [0.15, 0.2) is 0 Å². The number of nitrogens with two attached hydrogens (primary N) is 2. The third-order valence-corrected chi connectivity index (χ3v) is 2.50. The van der Waals surface area contributed by atoms with Crippen LogP contribution in [-0.2, 0) is 4.79 Å². The van der Waals surface area contributed by atoms with Crippen molar-refractivity contribution in [3.8, 4) is 0 Å². The van der Waals surface area contributed by atoms with Crippen molar-refractivity contribution in [3.05, 3.63) is 24.3 Å². The molecule has 1 aromatic rings. The number of hydrogen-bond acceptors (Lipinski definition) is 4. The normalized spacial score (nSPS) is 10.2. The Morgan fingerprint density at radius 1 is 1.15 bits per heavy atom. The summed E-state index contributed by atoms with van der Waals surface area (Å²) in [5.74, 6) is -0.934. The molecule has 0 unspecified atom stereocenters. The summed E-state index contributed by atoms with van der Waals surface area (Å²) in [6, 6.07) is 6.76. The largest absolute Gasteiger partial charge is 0.480 e. The van der Waals surface area contributed by atoms with Crippen molar-refractivity contribution in [1.82, 2.24) is 0 Å². The molecule has 0 aliphatic carbocycles. The second-order valence-corrected chi connectivity index (χ2v) is 3.99. The summed E-state index contributed by atoms with van der Waals surface area (Å²) in [4.78, 5) is 10.5. The van der Waals surface area contributed by atoms with Crippen LogP contribution >= 0.6 is 37.2 Å². The lowest BCUT2D eigenvalue weighted by Gasteiger charge is -2.08. The lowest BCUT2D eigenvalue weighted by Crippen LogP contribution is -2.29. The average molecular weight is 347 g/mol. The van der Waals surface area contributed by atoms with Crippen LogP contribution in [-0.4, -0.2) is 23.7 Å². The molecule has 1 atom stereocenters. The van der Waals surface area contributed by atoms with E-state index in [1.165, 1.54) is 0 Å². The number of carbonyl (C=O) groups is 1. The second-order valence-electron chi connectivity index (χ2n) is 3.99. The molecule has 0 aliphatic rings. The van der Waals surface area contributed by atoms with Gasteiger partial charge < -0.3 is 21.9 Å². The highest BCUT2D eigenvalue weighted by atomic mass is 35.5. The van der Waals surface area contributed by atoms with E-state index in [9.17, 15) is 4.79 Å². The first-order chi connectivity index (χ1) is 8.09. The molecular formula is C12H22Cl3N3O2. The first-order valence-electron chi connectivity index (χ1n) is 5.67. The van der Waals surface area contributed by atoms with Gasteiger partial charge in [0.1, 0.15) is 6.04 Å². The summed E-state index contributed by atoms with van der Waals surface area (Å²) in [5.41, 5.74) is 12.7. The Labute approximate surface area is 137 Å². The molecule has 0 heterocycles. The van der Waals surface area contributed by atoms with Crippen molar-refractivity contribution >= 4 is 54.6 Å². The van der Waals surface area contributed by atoms with Crippen LogP contribution in [0.3, 0.4) is 0 Å². The first-order valence-corrected chi connectivity index (χ1v) is 5.67. The highest BCUT2D eigenvalue weighted by Gasteiger charge is 2.09. The van der Waals surface area contributed by atoms with E-state index in [4.69, 9.17) is 16.6 Å². The number of carboxylic acids is 1. The Kier molecular flexibility index (Phi) is 15.8. The fourth-order valence-corrected chi connectivity index (χ4v) is 1.45. The van der Waals surface area contributed by atoms with Crippen LogP contribution in [0.5, 0.6) is 0 Å². The Balaban J connectivity index is -0.000000963. The smallest absolute Gasteiger partial charge is 0.320 e. The Morgan fingerprint density at radius 3 is 2.20 bits per heavy atom. The fourth-order valence-electron chi connectivity index (χ4n) is 1.45. The highest BCUT2D eigenvalue weighted by molar-refractivity contribution is 5.86. The van der Waals surface area contributed by atoms with Crippen LogP contribution in [0, 0.1) is 0 Å². The average Bonchev–Trinajstić information content (AvgIpc) is 2.30. The molecule has 0 saturated carbocycles. The molecule has 1 rings (SSSR count). The maximum absolute atomic E-state index is 10.5. The minimum Gasteiger partial charge on any atom is -0.480 e. The standard InChI is InChI=1S/C12H19N3O2.3ClH/c13-9-4-6-10(7-5-9)15-8-2-1-3-11(14)12(16)17;;;/h4-7,11,15H,1-3,8,13-14H2,(H,16,17);3*1H/t11-;;;/m0.../s1. The van der Waals surface area contributed by atoms with Crippen molar-refractivity contribution < 1.29 is 9.90 Å². The van der Waals surface area contributed by atoms with Crippen LogP contribution in [0.2, 0.25) is 0 Å². The Bertz CT molecular complexity index is 363. The van der Waals surface area contributed by atoms with E-state index < -0.39 is 12.0 Å². The van der Waals surface area contributed by atoms with Crippen molar-refractivity contribution in [2.45, 2.75) is 25.3 Å². The molecule has 0 bridgehead atoms. The topological polar surface area (TPSA) is 101 Å². The van der Waals surface area contributed by atoms with E-state index in [2.05, 4.69) is 5.32 Å². The molecule has 6 N–H and O–H groups in total. The van der Waals surface area contributed by atoms with Gasteiger partial charge in [-0.3, -0.25) is 4.79 Å². The van der Waals surface area contributed by atoms with E-state index in [0.717, 1.165) is 30.8 Å². The number of anilines is 2. The van der Waals surface area contributed by atoms with E-state index >= 15 is 0 Å². The van der Waals surface area contributed by atoms with Gasteiger partial charge in [0.25, 0.3) is 0 Å². The maximum Gasteiger partial charge on any atom is 0.320 e. The number of nitrogen functional groups attached to an aromatic ring is 1. The van der Waals surface area contributed by atoms with Crippen molar-refractivity contribution in [1.29, 1.82) is 0 Å². The summed E-state index contributed by atoms with van der Waals surface area (Å²) in [6.07, 6.45) is 2.21. The van der Waals surface area contributed by atoms with E-state index in [1.54, 1.807) is 0 Å². The molecule has 8 heteroatoms. The number of benzene rings is 1. The van der Waals surface area contributed by atoms with Gasteiger partial charge in [0, 0.05) is 17.9 Å². The summed E-state index contributed by atoms with van der Waals surface area (Å²) < 4.78 is 0. The summed E-state index contributed by atoms with van der Waals surface area (Å²) in [7, 11) is 0. The third kappa shape index (κ3) is 9.97. The quantitative estimate of drug-likeness (QED) is 0.449. The molecule has 20 heavy (non-hydrogen) atoms. The third-order valence-electron chi connectivity index (χ3n) is 2.50. The summed E-state index contributed by atoms with van der Waals surface area (Å²) in [6.45, 7) is 0.802. The molecule has 0 amide bonds. The van der Waals surface area contributed by atoms with Gasteiger partial charge in [-0.25, -0.2) is 0 Å². The lowest BCUT2D eigenvalue weighted by atomic mass is 10.1. The van der Waals surface area contributed by atoms with Crippen molar-refractivity contribution in [2.24, 2.45) is 5.73 Å². The maximum atomic E-state index is 10.5. The Hall–Kier alpha value is -0.880. The number of hydrogen-bond donors (Lipinski definition) is 4. The van der Waals surface area contributed by atoms with Gasteiger partial charge >= 0.3 is 5.97 Å². The molecule has 0 spiro atoms. The molecule has 0 aliphatic heterocycles. The zero-order chi connectivity index (χ0) is 12.7. The molecular weight excluding hydrogens is 325 g/mol. The fraction of sp³-hybridized carbons (Fsp3) is 0.417. The number of carboxylic acid groups (broad SMARTS) is 1. The SMILES string of the molecule is Cl.Cl.Cl.Nc1ccc(NCCCC[C@H](N)C(=O)O)cc1. The lowest BCUT2D eigenvalue weighted by molar-refractivity contribution is -0.138. The van der Waals surface area contributed by atoms with E-state index in [1.807, 2.05) is 24.3 Å². The summed E-state index contributed by atoms with van der Waals surface area (Å²) >= 11 is 0.